The molecule has 0 saturated heterocycles. The van der Waals surface area contributed by atoms with Gasteiger partial charge in [-0.25, -0.2) is 12.4 Å². The molecule has 2 aromatic carbocycles. The number of aromatic nitrogens is 1. The lowest BCUT2D eigenvalue weighted by molar-refractivity contribution is 0.589. The first-order valence-electron chi connectivity index (χ1n) is 6.66. The van der Waals surface area contributed by atoms with Gasteiger partial charge in [0.2, 0.25) is 0 Å². The highest BCUT2D eigenvalue weighted by molar-refractivity contribution is 9.10. The van der Waals surface area contributed by atoms with E-state index in [1.165, 1.54) is 3.97 Å². The summed E-state index contributed by atoms with van der Waals surface area (Å²) in [7, 11) is -3.65. The van der Waals surface area contributed by atoms with E-state index in [4.69, 9.17) is 11.6 Å². The highest BCUT2D eigenvalue weighted by atomic mass is 79.9. The molecule has 114 valence electrons. The largest absolute Gasteiger partial charge is 0.268 e. The van der Waals surface area contributed by atoms with Crippen molar-refractivity contribution in [3.63, 3.8) is 0 Å². The molecule has 6 heteroatoms. The van der Waals surface area contributed by atoms with Crippen molar-refractivity contribution in [1.29, 1.82) is 0 Å². The van der Waals surface area contributed by atoms with E-state index in [1.54, 1.807) is 42.6 Å². The lowest BCUT2D eigenvalue weighted by Crippen LogP contribution is -2.11. The summed E-state index contributed by atoms with van der Waals surface area (Å²) in [5, 5.41) is 0.542. The number of hydrogen-bond donors (Lipinski definition) is 0. The van der Waals surface area contributed by atoms with Gasteiger partial charge in [-0.05, 0) is 42.8 Å². The van der Waals surface area contributed by atoms with Gasteiger partial charge in [-0.2, -0.15) is 0 Å². The third kappa shape index (κ3) is 2.57. The molecule has 1 heterocycles. The highest BCUT2D eigenvalue weighted by Crippen LogP contribution is 2.33. The fraction of sp³-hybridized carbons (Fsp3) is 0.125. The van der Waals surface area contributed by atoms with Gasteiger partial charge in [0.15, 0.2) is 0 Å². The van der Waals surface area contributed by atoms with E-state index < -0.39 is 10.0 Å². The third-order valence-corrected chi connectivity index (χ3v) is 5.91. The molecule has 0 amide bonds. The van der Waals surface area contributed by atoms with Gasteiger partial charge in [0.1, 0.15) is 0 Å². The molecule has 0 saturated carbocycles. The smallest absolute Gasteiger partial charge is 0.241 e. The van der Waals surface area contributed by atoms with Crippen molar-refractivity contribution >= 4 is 48.5 Å². The first-order valence-corrected chi connectivity index (χ1v) is 9.33. The van der Waals surface area contributed by atoms with Crippen LogP contribution in [0.4, 0.5) is 0 Å². The maximum atomic E-state index is 12.9. The molecule has 22 heavy (non-hydrogen) atoms. The Morgan fingerprint density at radius 2 is 1.82 bits per heavy atom. The van der Waals surface area contributed by atoms with E-state index in [2.05, 4.69) is 15.9 Å². The van der Waals surface area contributed by atoms with Crippen molar-refractivity contribution < 1.29 is 8.42 Å². The second-order valence-electron chi connectivity index (χ2n) is 4.98. The Balaban J connectivity index is 2.33. The molecule has 3 rings (SSSR count). The van der Waals surface area contributed by atoms with Gasteiger partial charge in [-0.15, -0.1) is 11.6 Å². The Bertz CT molecular complexity index is 933. The van der Waals surface area contributed by atoms with Crippen LogP contribution in [0.25, 0.3) is 10.9 Å². The number of benzene rings is 2. The molecule has 0 bridgehead atoms. The molecule has 0 fully saturated rings. The van der Waals surface area contributed by atoms with Crippen molar-refractivity contribution in [3.8, 4) is 0 Å². The van der Waals surface area contributed by atoms with E-state index >= 15 is 0 Å². The van der Waals surface area contributed by atoms with E-state index in [1.807, 2.05) is 19.1 Å². The maximum absolute atomic E-state index is 12.9. The first-order chi connectivity index (χ1) is 10.4. The summed E-state index contributed by atoms with van der Waals surface area (Å²) in [6, 6.07) is 13.9. The van der Waals surface area contributed by atoms with Crippen molar-refractivity contribution in [2.75, 3.05) is 0 Å². The minimum atomic E-state index is -3.65. The summed E-state index contributed by atoms with van der Waals surface area (Å²) >= 11 is 9.64. The van der Waals surface area contributed by atoms with Crippen molar-refractivity contribution in [2.24, 2.45) is 0 Å². The van der Waals surface area contributed by atoms with Crippen molar-refractivity contribution in [1.82, 2.24) is 3.97 Å². The van der Waals surface area contributed by atoms with Gasteiger partial charge in [0.05, 0.1) is 15.8 Å². The molecule has 0 aliphatic carbocycles. The van der Waals surface area contributed by atoms with Crippen LogP contribution in [0.5, 0.6) is 0 Å². The molecule has 3 aromatic rings. The zero-order valence-electron chi connectivity index (χ0n) is 11.7. The summed E-state index contributed by atoms with van der Waals surface area (Å²) < 4.78 is 27.9. The molecule has 0 radical (unpaired) electrons. The second kappa shape index (κ2) is 5.72. The van der Waals surface area contributed by atoms with Crippen LogP contribution in [0, 0.1) is 0 Å². The Labute approximate surface area is 142 Å². The summed E-state index contributed by atoms with van der Waals surface area (Å²) in [6.07, 6.45) is 1.61. The van der Waals surface area contributed by atoms with E-state index in [-0.39, 0.29) is 10.3 Å². The van der Waals surface area contributed by atoms with Crippen LogP contribution >= 0.6 is 27.5 Å². The van der Waals surface area contributed by atoms with Gasteiger partial charge in [0, 0.05) is 16.1 Å². The molecule has 1 atom stereocenters. The fourth-order valence-corrected chi connectivity index (χ4v) is 4.35. The Hall–Kier alpha value is -1.30. The SMILES string of the molecule is C[C@@H](Cl)c1cn(S(=O)(=O)c2ccccc2)c2ccc(Br)cc12. The first kappa shape index (κ1) is 15.6. The number of fused-ring (bicyclic) bond motifs is 1. The van der Waals surface area contributed by atoms with Gasteiger partial charge in [-0.3, -0.25) is 0 Å². The van der Waals surface area contributed by atoms with E-state index in [0.717, 1.165) is 15.4 Å². The number of hydrogen-bond acceptors (Lipinski definition) is 2. The fourth-order valence-electron chi connectivity index (χ4n) is 2.42. The Morgan fingerprint density at radius 3 is 2.45 bits per heavy atom. The average Bonchev–Trinajstić information content (AvgIpc) is 2.87. The van der Waals surface area contributed by atoms with Crippen LogP contribution in [-0.2, 0) is 10.0 Å². The number of alkyl halides is 1. The summed E-state index contributed by atoms with van der Waals surface area (Å²) in [4.78, 5) is 0.253. The second-order valence-corrected chi connectivity index (χ2v) is 8.36. The molecular weight excluding hydrogens is 386 g/mol. The van der Waals surface area contributed by atoms with Crippen molar-refractivity contribution in [2.45, 2.75) is 17.2 Å². The molecule has 0 aliphatic rings. The Kier molecular flexibility index (Phi) is 4.05. The molecular formula is C16H13BrClNO2S. The predicted molar refractivity (Wildman–Crippen MR) is 92.9 cm³/mol. The summed E-state index contributed by atoms with van der Waals surface area (Å²) in [5.41, 5.74) is 1.41. The predicted octanol–water partition coefficient (Wildman–Crippen LogP) is 4.94. The lowest BCUT2D eigenvalue weighted by Gasteiger charge is -2.07. The zero-order chi connectivity index (χ0) is 15.9. The topological polar surface area (TPSA) is 39.1 Å². The van der Waals surface area contributed by atoms with Gasteiger partial charge >= 0.3 is 0 Å². The molecule has 1 aromatic heterocycles. The van der Waals surface area contributed by atoms with Crippen LogP contribution in [0.2, 0.25) is 0 Å². The van der Waals surface area contributed by atoms with Gasteiger partial charge in [0.25, 0.3) is 10.0 Å². The van der Waals surface area contributed by atoms with Gasteiger partial charge in [-0.1, -0.05) is 34.1 Å². The quantitative estimate of drug-likeness (QED) is 0.586. The normalized spacial score (nSPS) is 13.4. The summed E-state index contributed by atoms with van der Waals surface area (Å²) in [5.74, 6) is 0. The number of nitrogens with zero attached hydrogens (tertiary/aromatic N) is 1. The minimum Gasteiger partial charge on any atom is -0.241 e. The lowest BCUT2D eigenvalue weighted by atomic mass is 10.1. The van der Waals surface area contributed by atoms with E-state index in [0.29, 0.717) is 5.52 Å². The summed E-state index contributed by atoms with van der Waals surface area (Å²) in [6.45, 7) is 1.83. The molecule has 0 unspecified atom stereocenters. The number of halogens is 2. The monoisotopic (exact) mass is 397 g/mol. The van der Waals surface area contributed by atoms with Crippen LogP contribution in [0.3, 0.4) is 0 Å². The minimum absolute atomic E-state index is 0.253. The van der Waals surface area contributed by atoms with Crippen LogP contribution < -0.4 is 0 Å². The van der Waals surface area contributed by atoms with Crippen LogP contribution in [0.1, 0.15) is 17.9 Å². The zero-order valence-corrected chi connectivity index (χ0v) is 14.9. The maximum Gasteiger partial charge on any atom is 0.268 e. The molecule has 0 spiro atoms. The Morgan fingerprint density at radius 1 is 1.14 bits per heavy atom. The van der Waals surface area contributed by atoms with Crippen LogP contribution in [-0.4, -0.2) is 12.4 Å². The van der Waals surface area contributed by atoms with Crippen LogP contribution in [0.15, 0.2) is 64.1 Å². The van der Waals surface area contributed by atoms with E-state index in [9.17, 15) is 8.42 Å². The van der Waals surface area contributed by atoms with Gasteiger partial charge < -0.3 is 0 Å². The molecule has 3 nitrogen and oxygen atoms in total. The molecule has 0 N–H and O–H groups in total. The number of rotatable bonds is 3. The molecule has 0 aliphatic heterocycles. The average molecular weight is 399 g/mol. The van der Waals surface area contributed by atoms with Crippen molar-refractivity contribution in [3.05, 3.63) is 64.8 Å². The standard InChI is InChI=1S/C16H13BrClNO2S/c1-11(18)15-10-19(16-8-7-12(17)9-14(15)16)22(20,21)13-5-3-2-4-6-13/h2-11H,1H3/t11-/m1/s1. The third-order valence-electron chi connectivity index (χ3n) is 3.49. The highest BCUT2D eigenvalue weighted by Gasteiger charge is 2.22.